The molecule has 4 rings (SSSR count). The van der Waals surface area contributed by atoms with Gasteiger partial charge in [0.2, 0.25) is 11.8 Å². The number of nitrogens with zero attached hydrogens (tertiary/aromatic N) is 3. The molecule has 0 spiro atoms. The van der Waals surface area contributed by atoms with E-state index in [1.807, 2.05) is 42.3 Å². The molecule has 1 aliphatic rings. The first-order valence-electron chi connectivity index (χ1n) is 10.9. The number of hydrogen-bond acceptors (Lipinski definition) is 5. The molecule has 9 heteroatoms. The van der Waals surface area contributed by atoms with Crippen molar-refractivity contribution < 1.29 is 17.6 Å². The van der Waals surface area contributed by atoms with Crippen LogP contribution in [0.4, 0.5) is 5.69 Å². The Labute approximate surface area is 193 Å². The summed E-state index contributed by atoms with van der Waals surface area (Å²) in [6.07, 6.45) is 5.08. The number of carbonyl (C=O) groups excluding carboxylic acids is 1. The molecular weight excluding hydrogens is 440 g/mol. The summed E-state index contributed by atoms with van der Waals surface area (Å²) in [6.45, 7) is 0.790. The van der Waals surface area contributed by atoms with E-state index in [0.717, 1.165) is 31.4 Å². The molecule has 172 valence electrons. The van der Waals surface area contributed by atoms with Gasteiger partial charge in [0.25, 0.3) is 10.0 Å². The molecule has 0 radical (unpaired) electrons. The maximum atomic E-state index is 12.9. The average Bonchev–Trinajstić information content (AvgIpc) is 3.17. The van der Waals surface area contributed by atoms with Crippen molar-refractivity contribution in [2.45, 2.75) is 37.0 Å². The third-order valence-corrected chi connectivity index (χ3v) is 6.69. The van der Waals surface area contributed by atoms with Crippen LogP contribution >= 0.6 is 0 Å². The van der Waals surface area contributed by atoms with E-state index in [-0.39, 0.29) is 17.2 Å². The molecule has 1 fully saturated rings. The smallest absolute Gasteiger partial charge is 0.284 e. The molecule has 2 aromatic carbocycles. The molecule has 1 saturated heterocycles. The highest BCUT2D eigenvalue weighted by Crippen LogP contribution is 2.21. The van der Waals surface area contributed by atoms with E-state index in [9.17, 15) is 13.2 Å². The number of amidine groups is 1. The van der Waals surface area contributed by atoms with Crippen LogP contribution in [0.5, 0.6) is 0 Å². The van der Waals surface area contributed by atoms with Crippen LogP contribution in [0.15, 0.2) is 74.6 Å². The molecule has 1 aliphatic heterocycles. The Balaban J connectivity index is 1.44. The van der Waals surface area contributed by atoms with Gasteiger partial charge in [-0.05, 0) is 43.2 Å². The van der Waals surface area contributed by atoms with E-state index >= 15 is 0 Å². The van der Waals surface area contributed by atoms with E-state index in [1.54, 1.807) is 12.1 Å². The minimum absolute atomic E-state index is 0.000404. The molecule has 8 nitrogen and oxygen atoms in total. The van der Waals surface area contributed by atoms with Crippen molar-refractivity contribution in [1.82, 2.24) is 9.88 Å². The number of benzene rings is 2. The second-order valence-electron chi connectivity index (χ2n) is 7.98. The number of hydrogen-bond donors (Lipinski definition) is 1. The van der Waals surface area contributed by atoms with Crippen LogP contribution in [0.3, 0.4) is 0 Å². The standard InChI is InChI=1S/C24H26N4O4S/c1-28-14-7-3-6-13-22(28)27-33(30,31)21-12-8-11-19(15-21)25-23(29)16-20-17-32-24(26-20)18-9-4-2-5-10-18/h2,4-5,8-12,15,17H,3,6-7,13-14,16H2,1H3,(H,25,29)/b27-22+. The molecule has 1 amide bonds. The molecule has 0 saturated carbocycles. The fraction of sp³-hybridized carbons (Fsp3) is 0.292. The van der Waals surface area contributed by atoms with Crippen molar-refractivity contribution in [3.63, 3.8) is 0 Å². The van der Waals surface area contributed by atoms with Gasteiger partial charge in [-0.2, -0.15) is 8.42 Å². The first kappa shape index (κ1) is 22.7. The average molecular weight is 467 g/mol. The van der Waals surface area contributed by atoms with E-state index in [0.29, 0.717) is 29.5 Å². The Kier molecular flexibility index (Phi) is 6.88. The largest absolute Gasteiger partial charge is 0.444 e. The second-order valence-corrected chi connectivity index (χ2v) is 9.58. The minimum Gasteiger partial charge on any atom is -0.444 e. The summed E-state index contributed by atoms with van der Waals surface area (Å²) < 4.78 is 35.3. The molecule has 0 aliphatic carbocycles. The second kappa shape index (κ2) is 9.99. The Morgan fingerprint density at radius 1 is 1.12 bits per heavy atom. The summed E-state index contributed by atoms with van der Waals surface area (Å²) in [6, 6.07) is 15.5. The molecule has 0 atom stereocenters. The van der Waals surface area contributed by atoms with Crippen LogP contribution in [0, 0.1) is 0 Å². The van der Waals surface area contributed by atoms with Gasteiger partial charge in [0.15, 0.2) is 0 Å². The molecule has 33 heavy (non-hydrogen) atoms. The van der Waals surface area contributed by atoms with Gasteiger partial charge in [0.1, 0.15) is 12.1 Å². The van der Waals surface area contributed by atoms with Gasteiger partial charge in [-0.15, -0.1) is 4.40 Å². The number of rotatable bonds is 6. The number of carbonyl (C=O) groups is 1. The van der Waals surface area contributed by atoms with Crippen molar-refractivity contribution in [2.24, 2.45) is 4.40 Å². The highest BCUT2D eigenvalue weighted by atomic mass is 32.2. The topological polar surface area (TPSA) is 105 Å². The van der Waals surface area contributed by atoms with Crippen LogP contribution < -0.4 is 5.32 Å². The SMILES string of the molecule is CN1CCCCC/C1=N\S(=O)(=O)c1cccc(NC(=O)Cc2coc(-c3ccccc3)n2)c1. The van der Waals surface area contributed by atoms with Crippen LogP contribution in [-0.2, 0) is 21.2 Å². The van der Waals surface area contributed by atoms with Crippen molar-refractivity contribution in [2.75, 3.05) is 18.9 Å². The van der Waals surface area contributed by atoms with Gasteiger partial charge in [0, 0.05) is 31.3 Å². The fourth-order valence-corrected chi connectivity index (χ4v) is 4.78. The number of nitrogens with one attached hydrogen (secondary N) is 1. The molecule has 1 N–H and O–H groups in total. The molecule has 2 heterocycles. The lowest BCUT2D eigenvalue weighted by Crippen LogP contribution is -2.26. The normalized spacial score (nSPS) is 15.9. The van der Waals surface area contributed by atoms with Gasteiger partial charge >= 0.3 is 0 Å². The summed E-state index contributed by atoms with van der Waals surface area (Å²) in [5.74, 6) is 0.684. The number of amides is 1. The molecule has 1 aromatic heterocycles. The Hall–Kier alpha value is -3.46. The molecule has 0 unspecified atom stereocenters. The monoisotopic (exact) mass is 466 g/mol. The van der Waals surface area contributed by atoms with Gasteiger partial charge in [-0.25, -0.2) is 4.98 Å². The van der Waals surface area contributed by atoms with Gasteiger partial charge in [-0.1, -0.05) is 30.7 Å². The number of likely N-dealkylation sites (tertiary alicyclic amines) is 1. The zero-order chi connectivity index (χ0) is 23.3. The lowest BCUT2D eigenvalue weighted by atomic mass is 10.2. The number of aromatic nitrogens is 1. The Morgan fingerprint density at radius 2 is 1.94 bits per heavy atom. The molecule has 0 bridgehead atoms. The number of oxazole rings is 1. The minimum atomic E-state index is -3.89. The van der Waals surface area contributed by atoms with Gasteiger partial charge < -0.3 is 14.6 Å². The Morgan fingerprint density at radius 3 is 2.76 bits per heavy atom. The molecular formula is C24H26N4O4S. The molecule has 3 aromatic rings. The van der Waals surface area contributed by atoms with Crippen LogP contribution in [0.25, 0.3) is 11.5 Å². The summed E-state index contributed by atoms with van der Waals surface area (Å²) in [4.78, 5) is 18.8. The number of anilines is 1. The van der Waals surface area contributed by atoms with E-state index < -0.39 is 10.0 Å². The fourth-order valence-electron chi connectivity index (χ4n) is 3.64. The summed E-state index contributed by atoms with van der Waals surface area (Å²) in [5, 5.41) is 2.73. The predicted molar refractivity (Wildman–Crippen MR) is 126 cm³/mol. The van der Waals surface area contributed by atoms with Crippen molar-refractivity contribution >= 4 is 27.5 Å². The Bertz CT molecular complexity index is 1250. The van der Waals surface area contributed by atoms with E-state index in [2.05, 4.69) is 14.7 Å². The lowest BCUT2D eigenvalue weighted by Gasteiger charge is -2.17. The number of sulfonamides is 1. The van der Waals surface area contributed by atoms with Crippen LogP contribution in [0.1, 0.15) is 31.4 Å². The van der Waals surface area contributed by atoms with E-state index in [4.69, 9.17) is 4.42 Å². The quantitative estimate of drug-likeness (QED) is 0.586. The first-order chi connectivity index (χ1) is 15.9. The lowest BCUT2D eigenvalue weighted by molar-refractivity contribution is -0.115. The summed E-state index contributed by atoms with van der Waals surface area (Å²) >= 11 is 0. The third-order valence-electron chi connectivity index (χ3n) is 5.39. The maximum absolute atomic E-state index is 12.9. The van der Waals surface area contributed by atoms with Crippen molar-refractivity contribution in [3.05, 3.63) is 66.6 Å². The van der Waals surface area contributed by atoms with Crippen LogP contribution in [-0.4, -0.2) is 43.6 Å². The van der Waals surface area contributed by atoms with Gasteiger partial charge in [-0.3, -0.25) is 4.79 Å². The van der Waals surface area contributed by atoms with Crippen molar-refractivity contribution in [1.29, 1.82) is 0 Å². The summed E-state index contributed by atoms with van der Waals surface area (Å²) in [5.41, 5.74) is 1.68. The van der Waals surface area contributed by atoms with Crippen LogP contribution in [0.2, 0.25) is 0 Å². The van der Waals surface area contributed by atoms with E-state index in [1.165, 1.54) is 18.4 Å². The highest BCUT2D eigenvalue weighted by molar-refractivity contribution is 7.90. The zero-order valence-electron chi connectivity index (χ0n) is 18.4. The zero-order valence-corrected chi connectivity index (χ0v) is 19.2. The maximum Gasteiger partial charge on any atom is 0.284 e. The van der Waals surface area contributed by atoms with Crippen molar-refractivity contribution in [3.8, 4) is 11.5 Å². The summed E-state index contributed by atoms with van der Waals surface area (Å²) in [7, 11) is -2.02. The van der Waals surface area contributed by atoms with Gasteiger partial charge in [0.05, 0.1) is 17.0 Å². The third kappa shape index (κ3) is 5.87. The highest BCUT2D eigenvalue weighted by Gasteiger charge is 2.19. The first-order valence-corrected chi connectivity index (χ1v) is 12.3. The predicted octanol–water partition coefficient (Wildman–Crippen LogP) is 4.12.